The molecular formula is C15H13BrClFO2. The second kappa shape index (κ2) is 6.57. The Hall–Kier alpha value is -1.10. The average Bonchev–Trinajstić information content (AvgIpc) is 2.38. The molecule has 0 heterocycles. The molecular weight excluding hydrogens is 347 g/mol. The molecule has 2 aromatic rings. The molecule has 106 valence electrons. The summed E-state index contributed by atoms with van der Waals surface area (Å²) in [5, 5.41) is 10.3. The summed E-state index contributed by atoms with van der Waals surface area (Å²) in [6, 6.07) is 9.49. The van der Waals surface area contributed by atoms with Crippen LogP contribution in [0.15, 0.2) is 40.9 Å². The maximum atomic E-state index is 13.0. The van der Waals surface area contributed by atoms with Gasteiger partial charge in [0.1, 0.15) is 18.2 Å². The molecule has 0 aliphatic carbocycles. The van der Waals surface area contributed by atoms with E-state index in [1.165, 1.54) is 12.1 Å². The Labute approximate surface area is 130 Å². The van der Waals surface area contributed by atoms with Crippen molar-refractivity contribution in [2.45, 2.75) is 19.6 Å². The zero-order chi connectivity index (χ0) is 14.7. The van der Waals surface area contributed by atoms with Gasteiger partial charge in [-0.3, -0.25) is 0 Å². The fraction of sp³-hybridized carbons (Fsp3) is 0.200. The molecule has 0 saturated carbocycles. The molecule has 1 atom stereocenters. The van der Waals surface area contributed by atoms with Gasteiger partial charge in [-0.25, -0.2) is 4.39 Å². The fourth-order valence-electron chi connectivity index (χ4n) is 1.77. The Balaban J connectivity index is 2.18. The highest BCUT2D eigenvalue weighted by Gasteiger charge is 2.11. The number of rotatable bonds is 4. The summed E-state index contributed by atoms with van der Waals surface area (Å²) in [5.74, 6) is 0.248. The number of aliphatic hydroxyl groups excluding tert-OH is 1. The van der Waals surface area contributed by atoms with E-state index in [0.29, 0.717) is 20.8 Å². The van der Waals surface area contributed by atoms with Gasteiger partial charge in [0.15, 0.2) is 0 Å². The minimum atomic E-state index is -0.680. The quantitative estimate of drug-likeness (QED) is 0.843. The van der Waals surface area contributed by atoms with Crippen LogP contribution < -0.4 is 4.74 Å². The summed E-state index contributed by atoms with van der Waals surface area (Å²) in [4.78, 5) is 0. The van der Waals surface area contributed by atoms with Crippen LogP contribution in [-0.4, -0.2) is 5.11 Å². The van der Waals surface area contributed by atoms with E-state index in [4.69, 9.17) is 16.3 Å². The molecule has 0 bridgehead atoms. The van der Waals surface area contributed by atoms with E-state index >= 15 is 0 Å². The smallest absolute Gasteiger partial charge is 0.125 e. The van der Waals surface area contributed by atoms with Crippen LogP contribution in [0.1, 0.15) is 24.2 Å². The van der Waals surface area contributed by atoms with Crippen molar-refractivity contribution in [1.29, 1.82) is 0 Å². The van der Waals surface area contributed by atoms with Crippen LogP contribution in [0.25, 0.3) is 0 Å². The molecule has 5 heteroatoms. The summed E-state index contributed by atoms with van der Waals surface area (Å²) in [7, 11) is 0. The van der Waals surface area contributed by atoms with Crippen LogP contribution in [0.3, 0.4) is 0 Å². The van der Waals surface area contributed by atoms with Crippen LogP contribution >= 0.6 is 27.5 Å². The third-order valence-corrected chi connectivity index (χ3v) is 3.79. The Bertz CT molecular complexity index is 617. The van der Waals surface area contributed by atoms with Crippen LogP contribution in [-0.2, 0) is 6.61 Å². The van der Waals surface area contributed by atoms with E-state index in [-0.39, 0.29) is 12.4 Å². The Morgan fingerprint density at radius 1 is 1.30 bits per heavy atom. The molecule has 0 amide bonds. The number of ether oxygens (including phenoxy) is 1. The van der Waals surface area contributed by atoms with Gasteiger partial charge in [0.2, 0.25) is 0 Å². The van der Waals surface area contributed by atoms with Gasteiger partial charge in [0.25, 0.3) is 0 Å². The van der Waals surface area contributed by atoms with E-state index in [2.05, 4.69) is 15.9 Å². The first-order chi connectivity index (χ1) is 9.47. The minimum Gasteiger partial charge on any atom is -0.488 e. The lowest BCUT2D eigenvalue weighted by Crippen LogP contribution is -2.01. The van der Waals surface area contributed by atoms with Crippen molar-refractivity contribution in [3.8, 4) is 5.75 Å². The van der Waals surface area contributed by atoms with Gasteiger partial charge in [-0.05, 0) is 37.3 Å². The average molecular weight is 360 g/mol. The van der Waals surface area contributed by atoms with E-state index in [1.807, 2.05) is 0 Å². The molecule has 0 saturated heterocycles. The Kier molecular flexibility index (Phi) is 5.02. The highest BCUT2D eigenvalue weighted by Crippen LogP contribution is 2.29. The Morgan fingerprint density at radius 2 is 2.05 bits per heavy atom. The van der Waals surface area contributed by atoms with Crippen LogP contribution in [0, 0.1) is 5.82 Å². The number of hydrogen-bond acceptors (Lipinski definition) is 2. The van der Waals surface area contributed by atoms with Gasteiger partial charge >= 0.3 is 0 Å². The predicted molar refractivity (Wildman–Crippen MR) is 80.5 cm³/mol. The van der Waals surface area contributed by atoms with Crippen molar-refractivity contribution in [3.05, 3.63) is 62.8 Å². The maximum absolute atomic E-state index is 13.0. The SMILES string of the molecule is C[C@H](O)c1cc(Cl)ccc1OCc1ccc(F)cc1Br. The third-order valence-electron chi connectivity index (χ3n) is 2.82. The van der Waals surface area contributed by atoms with Gasteiger partial charge < -0.3 is 9.84 Å². The van der Waals surface area contributed by atoms with Crippen molar-refractivity contribution in [2.75, 3.05) is 0 Å². The highest BCUT2D eigenvalue weighted by molar-refractivity contribution is 9.10. The topological polar surface area (TPSA) is 29.5 Å². The number of aliphatic hydroxyl groups is 1. The van der Waals surface area contributed by atoms with Gasteiger partial charge in [-0.15, -0.1) is 0 Å². The lowest BCUT2D eigenvalue weighted by molar-refractivity contribution is 0.190. The molecule has 2 rings (SSSR count). The summed E-state index contributed by atoms with van der Waals surface area (Å²) in [6.45, 7) is 1.91. The molecule has 2 nitrogen and oxygen atoms in total. The van der Waals surface area contributed by atoms with E-state index in [0.717, 1.165) is 5.56 Å². The summed E-state index contributed by atoms with van der Waals surface area (Å²) >= 11 is 9.19. The Morgan fingerprint density at radius 3 is 2.70 bits per heavy atom. The second-order valence-electron chi connectivity index (χ2n) is 4.38. The predicted octanol–water partition coefficient (Wildman–Crippen LogP) is 4.87. The zero-order valence-corrected chi connectivity index (χ0v) is 13.1. The molecule has 0 spiro atoms. The molecule has 0 unspecified atom stereocenters. The number of benzene rings is 2. The maximum Gasteiger partial charge on any atom is 0.125 e. The molecule has 2 aromatic carbocycles. The fourth-order valence-corrected chi connectivity index (χ4v) is 2.42. The zero-order valence-electron chi connectivity index (χ0n) is 10.7. The summed E-state index contributed by atoms with van der Waals surface area (Å²) < 4.78 is 19.3. The van der Waals surface area contributed by atoms with Gasteiger partial charge in [0.05, 0.1) is 6.10 Å². The standard InChI is InChI=1S/C15H13BrClFO2/c1-9(19)13-6-11(17)3-5-15(13)20-8-10-2-4-12(18)7-14(10)16/h2-7,9,19H,8H2,1H3/t9-/m0/s1. The van der Waals surface area contributed by atoms with Crippen LogP contribution in [0.2, 0.25) is 5.02 Å². The van der Waals surface area contributed by atoms with Crippen LogP contribution in [0.5, 0.6) is 5.75 Å². The highest BCUT2D eigenvalue weighted by atomic mass is 79.9. The van der Waals surface area contributed by atoms with Gasteiger partial charge in [0, 0.05) is 20.6 Å². The third kappa shape index (κ3) is 3.72. The monoisotopic (exact) mass is 358 g/mol. The van der Waals surface area contributed by atoms with Crippen molar-refractivity contribution >= 4 is 27.5 Å². The molecule has 0 aliphatic heterocycles. The van der Waals surface area contributed by atoms with Crippen molar-refractivity contribution in [2.24, 2.45) is 0 Å². The second-order valence-corrected chi connectivity index (χ2v) is 5.67. The minimum absolute atomic E-state index is 0.266. The van der Waals surface area contributed by atoms with Gasteiger partial charge in [-0.1, -0.05) is 33.6 Å². The van der Waals surface area contributed by atoms with E-state index < -0.39 is 6.10 Å². The number of halogens is 3. The molecule has 0 radical (unpaired) electrons. The normalized spacial score (nSPS) is 12.2. The first-order valence-corrected chi connectivity index (χ1v) is 7.18. The first-order valence-electron chi connectivity index (χ1n) is 6.01. The largest absolute Gasteiger partial charge is 0.488 e. The lowest BCUT2D eigenvalue weighted by atomic mass is 10.1. The van der Waals surface area contributed by atoms with Crippen LogP contribution in [0.4, 0.5) is 4.39 Å². The van der Waals surface area contributed by atoms with Gasteiger partial charge in [-0.2, -0.15) is 0 Å². The van der Waals surface area contributed by atoms with Crippen molar-refractivity contribution < 1.29 is 14.2 Å². The number of hydrogen-bond donors (Lipinski definition) is 1. The molecule has 0 aliphatic rings. The molecule has 20 heavy (non-hydrogen) atoms. The van der Waals surface area contributed by atoms with Crippen molar-refractivity contribution in [3.63, 3.8) is 0 Å². The van der Waals surface area contributed by atoms with E-state index in [9.17, 15) is 9.50 Å². The van der Waals surface area contributed by atoms with Crippen molar-refractivity contribution in [1.82, 2.24) is 0 Å². The van der Waals surface area contributed by atoms with E-state index in [1.54, 1.807) is 31.2 Å². The molecule has 1 N–H and O–H groups in total. The molecule has 0 fully saturated rings. The lowest BCUT2D eigenvalue weighted by Gasteiger charge is -2.14. The summed E-state index contributed by atoms with van der Waals surface area (Å²) in [6.07, 6.45) is -0.680. The molecule has 0 aromatic heterocycles. The summed E-state index contributed by atoms with van der Waals surface area (Å²) in [5.41, 5.74) is 1.44. The first kappa shape index (κ1) is 15.3.